The second kappa shape index (κ2) is 6.11. The summed E-state index contributed by atoms with van der Waals surface area (Å²) in [6.07, 6.45) is 4.73. The van der Waals surface area contributed by atoms with Crippen molar-refractivity contribution in [1.82, 2.24) is 0 Å². The molecule has 0 heterocycles. The largest absolute Gasteiger partial charge is 0.0979 e. The van der Waals surface area contributed by atoms with Gasteiger partial charge in [-0.05, 0) is 23.3 Å². The molecule has 0 unspecified atom stereocenters. The number of hydrogen-bond donors (Lipinski definition) is 0. The molecule has 0 aliphatic carbocycles. The highest BCUT2D eigenvalue weighted by molar-refractivity contribution is 5.83. The van der Waals surface area contributed by atoms with Gasteiger partial charge in [0.1, 0.15) is 0 Å². The normalized spacial score (nSPS) is 9.94. The first kappa shape index (κ1) is 11.7. The van der Waals surface area contributed by atoms with Gasteiger partial charge < -0.3 is 0 Å². The van der Waals surface area contributed by atoms with Crippen LogP contribution in [0.1, 0.15) is 38.2 Å². The molecule has 85 valence electrons. The molecule has 0 aliphatic heterocycles. The monoisotopic (exact) mass is 221 g/mol. The summed E-state index contributed by atoms with van der Waals surface area (Å²) in [6, 6.07) is 15.8. The Labute approximate surface area is 104 Å². The van der Waals surface area contributed by atoms with Crippen molar-refractivity contribution in [2.75, 3.05) is 0 Å². The quantitative estimate of drug-likeness (QED) is 0.526. The van der Waals surface area contributed by atoms with Gasteiger partial charge in [0.05, 0.1) is 0 Å². The van der Waals surface area contributed by atoms with Gasteiger partial charge in [-0.2, -0.15) is 0 Å². The number of rotatable bonds is 3. The molecular formula is C17H17. The van der Waals surface area contributed by atoms with Crippen molar-refractivity contribution in [2.45, 2.75) is 32.6 Å². The van der Waals surface area contributed by atoms with Gasteiger partial charge in [0.15, 0.2) is 0 Å². The van der Waals surface area contributed by atoms with E-state index in [0.717, 1.165) is 17.4 Å². The van der Waals surface area contributed by atoms with Crippen LogP contribution in [0.2, 0.25) is 0 Å². The van der Waals surface area contributed by atoms with Crippen LogP contribution in [-0.4, -0.2) is 0 Å². The van der Waals surface area contributed by atoms with Gasteiger partial charge in [-0.25, -0.2) is 0 Å². The van der Waals surface area contributed by atoms with Crippen LogP contribution in [0, 0.1) is 17.9 Å². The van der Waals surface area contributed by atoms with Crippen LogP contribution in [0.5, 0.6) is 0 Å². The van der Waals surface area contributed by atoms with E-state index in [9.17, 15) is 0 Å². The molecule has 0 aromatic heterocycles. The molecule has 0 N–H and O–H groups in total. The molecule has 0 spiro atoms. The zero-order chi connectivity index (χ0) is 11.9. The Morgan fingerprint density at radius 3 is 2.82 bits per heavy atom. The van der Waals surface area contributed by atoms with Crippen molar-refractivity contribution in [3.63, 3.8) is 0 Å². The third-order valence-corrected chi connectivity index (χ3v) is 2.79. The Bertz CT molecular complexity index is 540. The summed E-state index contributed by atoms with van der Waals surface area (Å²) in [5.74, 6) is 6.41. The number of benzene rings is 2. The molecule has 0 saturated heterocycles. The van der Waals surface area contributed by atoms with Gasteiger partial charge in [0, 0.05) is 18.1 Å². The Hall–Kier alpha value is -1.74. The Morgan fingerprint density at radius 2 is 1.94 bits per heavy atom. The lowest BCUT2D eigenvalue weighted by molar-refractivity contribution is 0.737. The summed E-state index contributed by atoms with van der Waals surface area (Å²) in [6.45, 7) is 2.21. The zero-order valence-electron chi connectivity index (χ0n) is 10.3. The van der Waals surface area contributed by atoms with Gasteiger partial charge in [0.25, 0.3) is 0 Å². The SMILES string of the molecule is CCCCCC#Cc1[c]c2ccccc2cc1. The van der Waals surface area contributed by atoms with Crippen LogP contribution in [-0.2, 0) is 0 Å². The maximum absolute atomic E-state index is 3.34. The summed E-state index contributed by atoms with van der Waals surface area (Å²) >= 11 is 0. The molecule has 0 amide bonds. The topological polar surface area (TPSA) is 0 Å². The van der Waals surface area contributed by atoms with E-state index in [4.69, 9.17) is 0 Å². The predicted octanol–water partition coefficient (Wildman–Crippen LogP) is 4.57. The summed E-state index contributed by atoms with van der Waals surface area (Å²) in [5.41, 5.74) is 1.00. The van der Waals surface area contributed by atoms with Crippen LogP contribution in [0.15, 0.2) is 36.4 Å². The van der Waals surface area contributed by atoms with E-state index in [1.165, 1.54) is 24.6 Å². The van der Waals surface area contributed by atoms with Gasteiger partial charge >= 0.3 is 0 Å². The van der Waals surface area contributed by atoms with Crippen molar-refractivity contribution in [2.24, 2.45) is 0 Å². The standard InChI is InChI=1S/C17H17/c1-2-3-4-5-6-9-15-12-13-16-10-7-8-11-17(16)14-15/h7-8,10-13H,2-5H2,1H3. The molecular weight excluding hydrogens is 204 g/mol. The summed E-state index contributed by atoms with van der Waals surface area (Å²) in [5, 5.41) is 2.37. The minimum absolute atomic E-state index is 0.995. The third-order valence-electron chi connectivity index (χ3n) is 2.79. The first-order valence-electron chi connectivity index (χ1n) is 6.30. The second-order valence-corrected chi connectivity index (χ2v) is 4.22. The van der Waals surface area contributed by atoms with Gasteiger partial charge in [-0.1, -0.05) is 61.9 Å². The fourth-order valence-corrected chi connectivity index (χ4v) is 1.81. The molecule has 17 heavy (non-hydrogen) atoms. The van der Waals surface area contributed by atoms with Crippen molar-refractivity contribution in [3.8, 4) is 11.8 Å². The van der Waals surface area contributed by atoms with Crippen molar-refractivity contribution < 1.29 is 0 Å². The van der Waals surface area contributed by atoms with Crippen LogP contribution in [0.4, 0.5) is 0 Å². The molecule has 2 aromatic rings. The van der Waals surface area contributed by atoms with E-state index in [1.54, 1.807) is 0 Å². The van der Waals surface area contributed by atoms with Crippen LogP contribution in [0.25, 0.3) is 10.8 Å². The van der Waals surface area contributed by atoms with E-state index >= 15 is 0 Å². The molecule has 0 saturated carbocycles. The van der Waals surface area contributed by atoms with Crippen molar-refractivity contribution in [3.05, 3.63) is 48.0 Å². The lowest BCUT2D eigenvalue weighted by atomic mass is 10.1. The highest BCUT2D eigenvalue weighted by atomic mass is 14.0. The van der Waals surface area contributed by atoms with Crippen LogP contribution in [0.3, 0.4) is 0 Å². The van der Waals surface area contributed by atoms with Crippen molar-refractivity contribution in [1.29, 1.82) is 0 Å². The molecule has 0 heteroatoms. The first-order chi connectivity index (χ1) is 8.40. The summed E-state index contributed by atoms with van der Waals surface area (Å²) in [7, 11) is 0. The highest BCUT2D eigenvalue weighted by Crippen LogP contribution is 2.14. The lowest BCUT2D eigenvalue weighted by Crippen LogP contribution is -1.78. The smallest absolute Gasteiger partial charge is 0.0330 e. The van der Waals surface area contributed by atoms with E-state index in [-0.39, 0.29) is 0 Å². The number of hydrogen-bond acceptors (Lipinski definition) is 0. The minimum Gasteiger partial charge on any atom is -0.0979 e. The second-order valence-electron chi connectivity index (χ2n) is 4.22. The Balaban J connectivity index is 2.08. The van der Waals surface area contributed by atoms with E-state index in [2.05, 4.69) is 49.1 Å². The van der Waals surface area contributed by atoms with Gasteiger partial charge in [-0.15, -0.1) is 0 Å². The lowest BCUT2D eigenvalue weighted by Gasteiger charge is -1.96. The number of fused-ring (bicyclic) bond motifs is 1. The number of unbranched alkanes of at least 4 members (excludes halogenated alkanes) is 3. The van der Waals surface area contributed by atoms with Crippen LogP contribution >= 0.6 is 0 Å². The summed E-state index contributed by atoms with van der Waals surface area (Å²) in [4.78, 5) is 0. The maximum Gasteiger partial charge on any atom is 0.0330 e. The highest BCUT2D eigenvalue weighted by Gasteiger charge is 1.93. The minimum atomic E-state index is 0.995. The van der Waals surface area contributed by atoms with E-state index < -0.39 is 0 Å². The summed E-state index contributed by atoms with van der Waals surface area (Å²) < 4.78 is 0. The fourth-order valence-electron chi connectivity index (χ4n) is 1.81. The van der Waals surface area contributed by atoms with Crippen molar-refractivity contribution >= 4 is 10.8 Å². The van der Waals surface area contributed by atoms with E-state index in [1.807, 2.05) is 12.1 Å². The Kier molecular flexibility index (Phi) is 4.22. The molecule has 0 nitrogen and oxygen atoms in total. The maximum atomic E-state index is 3.34. The molecule has 0 bridgehead atoms. The van der Waals surface area contributed by atoms with Crippen LogP contribution < -0.4 is 0 Å². The molecule has 1 radical (unpaired) electrons. The predicted molar refractivity (Wildman–Crippen MR) is 73.8 cm³/mol. The molecule has 0 fully saturated rings. The Morgan fingerprint density at radius 1 is 1.06 bits per heavy atom. The van der Waals surface area contributed by atoms with Gasteiger partial charge in [-0.3, -0.25) is 0 Å². The molecule has 2 rings (SSSR count). The zero-order valence-corrected chi connectivity index (χ0v) is 10.3. The third kappa shape index (κ3) is 3.36. The first-order valence-corrected chi connectivity index (χ1v) is 6.30. The fraction of sp³-hybridized carbons (Fsp3) is 0.294. The van der Waals surface area contributed by atoms with E-state index in [0.29, 0.717) is 0 Å². The van der Waals surface area contributed by atoms with Gasteiger partial charge in [0.2, 0.25) is 0 Å². The molecule has 0 aliphatic rings. The average Bonchev–Trinajstić information content (AvgIpc) is 2.38. The average molecular weight is 221 g/mol. The molecule has 0 atom stereocenters. The molecule has 2 aromatic carbocycles.